The van der Waals surface area contributed by atoms with Gasteiger partial charge in [-0.3, -0.25) is 9.67 Å². The van der Waals surface area contributed by atoms with E-state index in [4.69, 9.17) is 4.74 Å². The Labute approximate surface area is 117 Å². The van der Waals surface area contributed by atoms with Gasteiger partial charge in [0.2, 0.25) is 0 Å². The maximum atomic E-state index is 5.46. The molecule has 104 valence electrons. The maximum Gasteiger partial charge on any atom is 0.161 e. The Morgan fingerprint density at radius 3 is 2.84 bits per heavy atom. The van der Waals surface area contributed by atoms with Crippen LogP contribution in [0.25, 0.3) is 0 Å². The number of thiazole rings is 1. The molecular formula is C13H20N4OS. The zero-order valence-corrected chi connectivity index (χ0v) is 12.4. The van der Waals surface area contributed by atoms with Gasteiger partial charge in [0.25, 0.3) is 0 Å². The summed E-state index contributed by atoms with van der Waals surface area (Å²) in [6, 6.07) is 0.0847. The number of rotatable bonds is 7. The van der Waals surface area contributed by atoms with E-state index in [0.29, 0.717) is 0 Å². The molecule has 0 aliphatic rings. The minimum Gasteiger partial charge on any atom is -0.493 e. The fourth-order valence-corrected chi connectivity index (χ4v) is 2.82. The van der Waals surface area contributed by atoms with Gasteiger partial charge in [-0.2, -0.15) is 5.10 Å². The molecule has 0 fully saturated rings. The van der Waals surface area contributed by atoms with E-state index in [2.05, 4.69) is 29.2 Å². The minimum absolute atomic E-state index is 0.0847. The Balaban J connectivity index is 2.42. The number of methoxy groups -OCH3 is 1. The third kappa shape index (κ3) is 2.96. The van der Waals surface area contributed by atoms with E-state index in [1.165, 1.54) is 4.88 Å². The van der Waals surface area contributed by atoms with E-state index >= 15 is 0 Å². The van der Waals surface area contributed by atoms with Crippen molar-refractivity contribution >= 4 is 11.3 Å². The average Bonchev–Trinajstić information content (AvgIpc) is 3.06. The lowest BCUT2D eigenvalue weighted by Crippen LogP contribution is -2.24. The van der Waals surface area contributed by atoms with Crippen LogP contribution in [0.3, 0.4) is 0 Å². The first kappa shape index (κ1) is 14.0. The van der Waals surface area contributed by atoms with Crippen LogP contribution >= 0.6 is 11.3 Å². The number of ether oxygens (including phenoxy) is 1. The normalized spacial score (nSPS) is 12.6. The second kappa shape index (κ2) is 6.68. The van der Waals surface area contributed by atoms with Crippen molar-refractivity contribution in [2.75, 3.05) is 13.7 Å². The molecule has 1 atom stereocenters. The van der Waals surface area contributed by atoms with Crippen LogP contribution in [-0.2, 0) is 6.54 Å². The fourth-order valence-electron chi connectivity index (χ4n) is 2.12. The first-order valence-corrected chi connectivity index (χ1v) is 7.41. The predicted octanol–water partition coefficient (Wildman–Crippen LogP) is 2.46. The lowest BCUT2D eigenvalue weighted by atomic mass is 10.1. The SMILES string of the molecule is CCCn1ncc(OC)c1C(NCC)c1cncs1. The number of nitrogens with zero attached hydrogens (tertiary/aromatic N) is 3. The molecule has 0 aromatic carbocycles. The predicted molar refractivity (Wildman–Crippen MR) is 76.7 cm³/mol. The highest BCUT2D eigenvalue weighted by Crippen LogP contribution is 2.31. The zero-order chi connectivity index (χ0) is 13.7. The van der Waals surface area contributed by atoms with Gasteiger partial charge in [-0.25, -0.2) is 0 Å². The smallest absolute Gasteiger partial charge is 0.161 e. The number of hydrogen-bond acceptors (Lipinski definition) is 5. The van der Waals surface area contributed by atoms with Gasteiger partial charge in [-0.1, -0.05) is 13.8 Å². The van der Waals surface area contributed by atoms with Crippen LogP contribution in [0.5, 0.6) is 5.75 Å². The fraction of sp³-hybridized carbons (Fsp3) is 0.538. The summed E-state index contributed by atoms with van der Waals surface area (Å²) in [5.41, 5.74) is 2.93. The molecule has 2 aromatic heterocycles. The van der Waals surface area contributed by atoms with Crippen LogP contribution in [0.1, 0.15) is 36.9 Å². The van der Waals surface area contributed by atoms with E-state index in [0.717, 1.165) is 31.0 Å². The topological polar surface area (TPSA) is 52.0 Å². The number of aromatic nitrogens is 3. The van der Waals surface area contributed by atoms with Crippen molar-refractivity contribution in [2.24, 2.45) is 0 Å². The van der Waals surface area contributed by atoms with E-state index < -0.39 is 0 Å². The molecule has 5 nitrogen and oxygen atoms in total. The molecule has 2 heterocycles. The first-order chi connectivity index (χ1) is 9.31. The van der Waals surface area contributed by atoms with Gasteiger partial charge >= 0.3 is 0 Å². The van der Waals surface area contributed by atoms with Crippen LogP contribution < -0.4 is 10.1 Å². The molecule has 1 unspecified atom stereocenters. The van der Waals surface area contributed by atoms with Crippen molar-refractivity contribution in [2.45, 2.75) is 32.9 Å². The molecule has 0 radical (unpaired) electrons. The minimum atomic E-state index is 0.0847. The summed E-state index contributed by atoms with van der Waals surface area (Å²) >= 11 is 1.64. The molecule has 2 aromatic rings. The molecule has 0 spiro atoms. The third-order valence-electron chi connectivity index (χ3n) is 2.92. The van der Waals surface area contributed by atoms with Crippen molar-refractivity contribution in [1.29, 1.82) is 0 Å². The quantitative estimate of drug-likeness (QED) is 0.846. The van der Waals surface area contributed by atoms with Crippen LogP contribution in [-0.4, -0.2) is 28.4 Å². The van der Waals surface area contributed by atoms with Crippen molar-refractivity contribution < 1.29 is 4.74 Å². The van der Waals surface area contributed by atoms with Crippen molar-refractivity contribution in [3.8, 4) is 5.75 Å². The molecule has 0 amide bonds. The van der Waals surface area contributed by atoms with Gasteiger partial charge < -0.3 is 10.1 Å². The third-order valence-corrected chi connectivity index (χ3v) is 3.76. The number of aryl methyl sites for hydroxylation is 1. The highest BCUT2D eigenvalue weighted by atomic mass is 32.1. The Kier molecular flexibility index (Phi) is 4.93. The second-order valence-corrected chi connectivity index (χ2v) is 5.13. The Hall–Kier alpha value is -1.40. The molecule has 2 rings (SSSR count). The summed E-state index contributed by atoms with van der Waals surface area (Å²) in [6.45, 7) is 6.01. The van der Waals surface area contributed by atoms with Crippen molar-refractivity contribution in [3.63, 3.8) is 0 Å². The van der Waals surface area contributed by atoms with Crippen molar-refractivity contribution in [1.82, 2.24) is 20.1 Å². The van der Waals surface area contributed by atoms with Gasteiger partial charge in [0, 0.05) is 17.6 Å². The standard InChI is InChI=1S/C13H20N4OS/c1-4-6-17-13(10(18-3)7-16-17)12(15-5-2)11-8-14-9-19-11/h7-9,12,15H,4-6H2,1-3H3. The van der Waals surface area contributed by atoms with Crippen LogP contribution in [0.2, 0.25) is 0 Å². The van der Waals surface area contributed by atoms with E-state index in [1.54, 1.807) is 24.6 Å². The molecule has 0 aliphatic carbocycles. The monoisotopic (exact) mass is 280 g/mol. The van der Waals surface area contributed by atoms with Crippen LogP contribution in [0, 0.1) is 0 Å². The molecule has 0 bridgehead atoms. The molecule has 0 saturated carbocycles. The zero-order valence-electron chi connectivity index (χ0n) is 11.6. The average molecular weight is 280 g/mol. The summed E-state index contributed by atoms with van der Waals surface area (Å²) in [6.07, 6.45) is 4.73. The maximum absolute atomic E-state index is 5.46. The molecule has 0 saturated heterocycles. The lowest BCUT2D eigenvalue weighted by molar-refractivity contribution is 0.399. The van der Waals surface area contributed by atoms with Crippen LogP contribution in [0.15, 0.2) is 17.9 Å². The Morgan fingerprint density at radius 1 is 1.42 bits per heavy atom. The lowest BCUT2D eigenvalue weighted by Gasteiger charge is -2.19. The molecule has 1 N–H and O–H groups in total. The van der Waals surface area contributed by atoms with E-state index in [1.807, 2.05) is 16.4 Å². The van der Waals surface area contributed by atoms with Crippen LogP contribution in [0.4, 0.5) is 0 Å². The summed E-state index contributed by atoms with van der Waals surface area (Å²) in [5, 5.41) is 7.92. The van der Waals surface area contributed by atoms with E-state index in [-0.39, 0.29) is 6.04 Å². The largest absolute Gasteiger partial charge is 0.493 e. The van der Waals surface area contributed by atoms with Gasteiger partial charge in [0.15, 0.2) is 5.75 Å². The highest BCUT2D eigenvalue weighted by molar-refractivity contribution is 7.09. The molecular weight excluding hydrogens is 260 g/mol. The van der Waals surface area contributed by atoms with Gasteiger partial charge in [0.1, 0.15) is 5.69 Å². The number of hydrogen-bond donors (Lipinski definition) is 1. The van der Waals surface area contributed by atoms with Gasteiger partial charge in [0.05, 0.1) is 24.9 Å². The van der Waals surface area contributed by atoms with Gasteiger partial charge in [-0.15, -0.1) is 11.3 Å². The van der Waals surface area contributed by atoms with Crippen molar-refractivity contribution in [3.05, 3.63) is 28.5 Å². The second-order valence-electron chi connectivity index (χ2n) is 4.22. The Bertz CT molecular complexity index is 495. The number of nitrogens with one attached hydrogen (secondary N) is 1. The Morgan fingerprint density at radius 2 is 2.26 bits per heavy atom. The molecule has 0 aliphatic heterocycles. The van der Waals surface area contributed by atoms with Gasteiger partial charge in [-0.05, 0) is 13.0 Å². The molecule has 19 heavy (non-hydrogen) atoms. The van der Waals surface area contributed by atoms with E-state index in [9.17, 15) is 0 Å². The molecule has 6 heteroatoms. The summed E-state index contributed by atoms with van der Waals surface area (Å²) in [5.74, 6) is 0.827. The highest BCUT2D eigenvalue weighted by Gasteiger charge is 2.23. The first-order valence-electron chi connectivity index (χ1n) is 6.53. The summed E-state index contributed by atoms with van der Waals surface area (Å²) < 4.78 is 7.48. The summed E-state index contributed by atoms with van der Waals surface area (Å²) in [4.78, 5) is 5.35. The summed E-state index contributed by atoms with van der Waals surface area (Å²) in [7, 11) is 1.69.